The van der Waals surface area contributed by atoms with Gasteiger partial charge in [0.1, 0.15) is 6.04 Å². The predicted molar refractivity (Wildman–Crippen MR) is 59.4 cm³/mol. The van der Waals surface area contributed by atoms with E-state index in [1.807, 2.05) is 24.3 Å². The van der Waals surface area contributed by atoms with Gasteiger partial charge in [0, 0.05) is 12.2 Å². The fourth-order valence-corrected chi connectivity index (χ4v) is 1.27. The summed E-state index contributed by atoms with van der Waals surface area (Å²) in [6, 6.07) is 6.96. The van der Waals surface area contributed by atoms with Crippen LogP contribution in [0.4, 0.5) is 5.69 Å². The molecule has 0 amide bonds. The van der Waals surface area contributed by atoms with Gasteiger partial charge in [-0.3, -0.25) is 9.69 Å². The molecule has 0 radical (unpaired) electrons. The number of carbonyl (C=O) groups is 1. The molecule has 4 heteroatoms. The third-order valence-electron chi connectivity index (χ3n) is 2.49. The van der Waals surface area contributed by atoms with E-state index in [-0.39, 0.29) is 0 Å². The van der Waals surface area contributed by atoms with Crippen LogP contribution in [0.3, 0.4) is 0 Å². The van der Waals surface area contributed by atoms with E-state index in [0.29, 0.717) is 12.2 Å². The molecule has 1 aromatic rings. The van der Waals surface area contributed by atoms with E-state index < -0.39 is 12.0 Å². The van der Waals surface area contributed by atoms with Crippen molar-refractivity contribution in [1.29, 1.82) is 0 Å². The number of hydrogen-bond acceptors (Lipinski definition) is 3. The Labute approximate surface area is 89.3 Å². The summed E-state index contributed by atoms with van der Waals surface area (Å²) in [5.74, 6) is -0.827. The Hall–Kier alpha value is -1.55. The van der Waals surface area contributed by atoms with Gasteiger partial charge in [-0.1, -0.05) is 18.2 Å². The molecule has 4 nitrogen and oxygen atoms in total. The monoisotopic (exact) mass is 208 g/mol. The van der Waals surface area contributed by atoms with Crippen molar-refractivity contribution in [3.8, 4) is 0 Å². The van der Waals surface area contributed by atoms with Gasteiger partial charge in [-0.25, -0.2) is 0 Å². The second-order valence-electron chi connectivity index (χ2n) is 3.63. The molecule has 82 valence electrons. The van der Waals surface area contributed by atoms with Crippen molar-refractivity contribution in [3.05, 3.63) is 29.8 Å². The van der Waals surface area contributed by atoms with Gasteiger partial charge in [0.15, 0.2) is 0 Å². The first-order chi connectivity index (χ1) is 7.02. The Balaban J connectivity index is 2.70. The summed E-state index contributed by atoms with van der Waals surface area (Å²) in [5.41, 5.74) is 7.42. The Bertz CT molecular complexity index is 352. The summed E-state index contributed by atoms with van der Waals surface area (Å²) >= 11 is 0. The van der Waals surface area contributed by atoms with E-state index in [9.17, 15) is 4.79 Å². The van der Waals surface area contributed by atoms with Gasteiger partial charge in [0.25, 0.3) is 0 Å². The molecule has 0 heterocycles. The van der Waals surface area contributed by atoms with E-state index in [1.165, 1.54) is 0 Å². The van der Waals surface area contributed by atoms with Gasteiger partial charge in [0.2, 0.25) is 0 Å². The number of rotatable bonds is 4. The molecule has 0 saturated heterocycles. The number of nitrogens with zero attached hydrogens (tertiary/aromatic N) is 1. The van der Waals surface area contributed by atoms with E-state index in [2.05, 4.69) is 0 Å². The molecule has 1 aromatic carbocycles. The first-order valence-corrected chi connectivity index (χ1v) is 4.78. The standard InChI is InChI=1S/C11H16N2O2/c1-8(11(14)15)13(2)7-9-5-3-4-6-10(9)12/h3-6,8H,7,12H2,1-2H3,(H,14,15). The molecule has 15 heavy (non-hydrogen) atoms. The summed E-state index contributed by atoms with van der Waals surface area (Å²) in [6.07, 6.45) is 0. The number of carboxylic acids is 1. The highest BCUT2D eigenvalue weighted by Gasteiger charge is 2.17. The number of carboxylic acid groups (broad SMARTS) is 1. The largest absolute Gasteiger partial charge is 0.480 e. The first-order valence-electron chi connectivity index (χ1n) is 4.78. The number of para-hydroxylation sites is 1. The lowest BCUT2D eigenvalue weighted by molar-refractivity contribution is -0.142. The zero-order valence-electron chi connectivity index (χ0n) is 8.97. The molecule has 1 rings (SSSR count). The number of aliphatic carboxylic acids is 1. The van der Waals surface area contributed by atoms with Crippen LogP contribution in [0.1, 0.15) is 12.5 Å². The maximum Gasteiger partial charge on any atom is 0.320 e. The van der Waals surface area contributed by atoms with Crippen molar-refractivity contribution in [2.24, 2.45) is 0 Å². The van der Waals surface area contributed by atoms with E-state index in [1.54, 1.807) is 18.9 Å². The maximum atomic E-state index is 10.7. The lowest BCUT2D eigenvalue weighted by Gasteiger charge is -2.21. The van der Waals surface area contributed by atoms with Crippen LogP contribution in [0, 0.1) is 0 Å². The smallest absolute Gasteiger partial charge is 0.320 e. The predicted octanol–water partition coefficient (Wildman–Crippen LogP) is 1.17. The molecule has 0 saturated carbocycles. The summed E-state index contributed by atoms with van der Waals surface area (Å²) in [4.78, 5) is 12.5. The normalized spacial score (nSPS) is 12.7. The quantitative estimate of drug-likeness (QED) is 0.729. The highest BCUT2D eigenvalue weighted by molar-refractivity contribution is 5.72. The fourth-order valence-electron chi connectivity index (χ4n) is 1.27. The summed E-state index contributed by atoms with van der Waals surface area (Å²) in [7, 11) is 1.77. The Kier molecular flexibility index (Phi) is 3.68. The molecule has 0 aromatic heterocycles. The number of benzene rings is 1. The zero-order valence-corrected chi connectivity index (χ0v) is 8.97. The molecule has 0 spiro atoms. The summed E-state index contributed by atoms with van der Waals surface area (Å²) < 4.78 is 0. The van der Waals surface area contributed by atoms with Crippen LogP contribution in [0.15, 0.2) is 24.3 Å². The third-order valence-corrected chi connectivity index (χ3v) is 2.49. The van der Waals surface area contributed by atoms with Crippen LogP contribution in [0.5, 0.6) is 0 Å². The maximum absolute atomic E-state index is 10.7. The Morgan fingerprint density at radius 3 is 2.67 bits per heavy atom. The van der Waals surface area contributed by atoms with Crippen molar-refractivity contribution >= 4 is 11.7 Å². The van der Waals surface area contributed by atoms with Crippen LogP contribution in [0.2, 0.25) is 0 Å². The molecule has 1 unspecified atom stereocenters. The van der Waals surface area contributed by atoms with Crippen LogP contribution < -0.4 is 5.73 Å². The second-order valence-corrected chi connectivity index (χ2v) is 3.63. The number of nitrogens with two attached hydrogens (primary N) is 1. The Morgan fingerprint density at radius 1 is 1.53 bits per heavy atom. The average molecular weight is 208 g/mol. The molecular formula is C11H16N2O2. The van der Waals surface area contributed by atoms with Crippen molar-refractivity contribution in [1.82, 2.24) is 4.90 Å². The summed E-state index contributed by atoms with van der Waals surface area (Å²) in [6.45, 7) is 2.20. The van der Waals surface area contributed by atoms with Crippen LogP contribution >= 0.6 is 0 Å². The van der Waals surface area contributed by atoms with Crippen molar-refractivity contribution < 1.29 is 9.90 Å². The minimum absolute atomic E-state index is 0.510. The molecule has 0 aliphatic heterocycles. The van der Waals surface area contributed by atoms with Crippen LogP contribution in [0.25, 0.3) is 0 Å². The third kappa shape index (κ3) is 2.95. The zero-order chi connectivity index (χ0) is 11.4. The molecular weight excluding hydrogens is 192 g/mol. The van der Waals surface area contributed by atoms with Crippen LogP contribution in [-0.4, -0.2) is 29.1 Å². The van der Waals surface area contributed by atoms with Crippen LogP contribution in [-0.2, 0) is 11.3 Å². The van der Waals surface area contributed by atoms with E-state index >= 15 is 0 Å². The van der Waals surface area contributed by atoms with Gasteiger partial charge >= 0.3 is 5.97 Å². The lowest BCUT2D eigenvalue weighted by Crippen LogP contribution is -2.35. The Morgan fingerprint density at radius 2 is 2.13 bits per heavy atom. The van der Waals surface area contributed by atoms with Crippen molar-refractivity contribution in [3.63, 3.8) is 0 Å². The van der Waals surface area contributed by atoms with E-state index in [0.717, 1.165) is 5.56 Å². The molecule has 1 atom stereocenters. The highest BCUT2D eigenvalue weighted by Crippen LogP contribution is 2.13. The lowest BCUT2D eigenvalue weighted by atomic mass is 10.1. The number of anilines is 1. The minimum Gasteiger partial charge on any atom is -0.480 e. The van der Waals surface area contributed by atoms with Gasteiger partial charge in [-0.05, 0) is 25.6 Å². The average Bonchev–Trinajstić information content (AvgIpc) is 2.20. The topological polar surface area (TPSA) is 66.6 Å². The fraction of sp³-hybridized carbons (Fsp3) is 0.364. The second kappa shape index (κ2) is 4.79. The molecule has 0 bridgehead atoms. The SMILES string of the molecule is CC(C(=O)O)N(C)Cc1ccccc1N. The number of nitrogen functional groups attached to an aromatic ring is 1. The van der Waals surface area contributed by atoms with Gasteiger partial charge in [-0.2, -0.15) is 0 Å². The number of hydrogen-bond donors (Lipinski definition) is 2. The van der Waals surface area contributed by atoms with E-state index in [4.69, 9.17) is 10.8 Å². The van der Waals surface area contributed by atoms with Crippen molar-refractivity contribution in [2.75, 3.05) is 12.8 Å². The minimum atomic E-state index is -0.827. The van der Waals surface area contributed by atoms with Gasteiger partial charge in [0.05, 0.1) is 0 Å². The van der Waals surface area contributed by atoms with Gasteiger partial charge < -0.3 is 10.8 Å². The molecule has 0 fully saturated rings. The first kappa shape index (κ1) is 11.5. The molecule has 0 aliphatic carbocycles. The molecule has 3 N–H and O–H groups in total. The van der Waals surface area contributed by atoms with Gasteiger partial charge in [-0.15, -0.1) is 0 Å². The molecule has 0 aliphatic rings. The van der Waals surface area contributed by atoms with Crippen molar-refractivity contribution in [2.45, 2.75) is 19.5 Å². The summed E-state index contributed by atoms with van der Waals surface area (Å²) in [5, 5.41) is 8.83. The number of likely N-dealkylation sites (N-methyl/N-ethyl adjacent to an activating group) is 1. The highest BCUT2D eigenvalue weighted by atomic mass is 16.4.